The monoisotopic (exact) mass is 468 g/mol. The second kappa shape index (κ2) is 8.33. The molecule has 0 unspecified atom stereocenters. The Balaban J connectivity index is 1.45. The maximum Gasteiger partial charge on any atom is 0.171 e. The van der Waals surface area contributed by atoms with Crippen molar-refractivity contribution in [2.45, 2.75) is 88.6 Å². The Morgan fingerprint density at radius 3 is 2.53 bits per heavy atom. The van der Waals surface area contributed by atoms with Gasteiger partial charge in [0.15, 0.2) is 5.79 Å². The molecule has 1 N–H and O–H groups in total. The van der Waals surface area contributed by atoms with Crippen LogP contribution < -0.4 is 4.74 Å². The van der Waals surface area contributed by atoms with Crippen molar-refractivity contribution in [3.63, 3.8) is 0 Å². The molecule has 0 aromatic heterocycles. The van der Waals surface area contributed by atoms with Crippen LogP contribution in [-0.2, 0) is 14.2 Å². The van der Waals surface area contributed by atoms with E-state index in [2.05, 4.69) is 38.1 Å². The Kier molecular flexibility index (Phi) is 5.64. The fourth-order valence-corrected chi connectivity index (χ4v) is 8.58. The quantitative estimate of drug-likeness (QED) is 0.602. The average molecular weight is 469 g/mol. The summed E-state index contributed by atoms with van der Waals surface area (Å²) in [5.41, 5.74) is 3.53. The van der Waals surface area contributed by atoms with Crippen LogP contribution in [0.1, 0.15) is 76.7 Å². The Morgan fingerprint density at radius 1 is 1.06 bits per heavy atom. The van der Waals surface area contributed by atoms with Crippen molar-refractivity contribution in [3.8, 4) is 5.75 Å². The first-order valence-corrected chi connectivity index (χ1v) is 13.4. The minimum absolute atomic E-state index is 0.165. The van der Waals surface area contributed by atoms with Crippen molar-refractivity contribution in [3.05, 3.63) is 41.0 Å². The molecule has 1 aliphatic heterocycles. The van der Waals surface area contributed by atoms with Crippen LogP contribution in [0.15, 0.2) is 35.4 Å². The van der Waals surface area contributed by atoms with E-state index in [-0.39, 0.29) is 5.41 Å². The van der Waals surface area contributed by atoms with Crippen molar-refractivity contribution < 1.29 is 24.1 Å². The highest BCUT2D eigenvalue weighted by Crippen LogP contribution is 2.66. The van der Waals surface area contributed by atoms with Gasteiger partial charge in [0.2, 0.25) is 0 Å². The van der Waals surface area contributed by atoms with E-state index in [1.165, 1.54) is 23.1 Å². The standard InChI is InChI=1S/C29H40O5/c1-4-32-25-10-9-23-21-11-13-28(30)18-29(33-15-16-34-29)14-12-24(28)26(21)22(17-27(23,25)2)19-5-7-20(31-3)8-6-19/h5-8,21-23,25,30H,4,9-18H2,1-3H3/t21-,22+,23-,25-,27-,28+/m0/s1. The minimum Gasteiger partial charge on any atom is -0.497 e. The summed E-state index contributed by atoms with van der Waals surface area (Å²) in [5, 5.41) is 12.1. The zero-order valence-corrected chi connectivity index (χ0v) is 21.0. The highest BCUT2D eigenvalue weighted by atomic mass is 16.7. The molecule has 1 spiro atoms. The smallest absolute Gasteiger partial charge is 0.171 e. The van der Waals surface area contributed by atoms with E-state index >= 15 is 0 Å². The Labute approximate surface area is 203 Å². The lowest BCUT2D eigenvalue weighted by Gasteiger charge is -2.56. The van der Waals surface area contributed by atoms with Gasteiger partial charge in [0.1, 0.15) is 5.75 Å². The Bertz CT molecular complexity index is 948. The normalized spacial score (nSPS) is 40.7. The van der Waals surface area contributed by atoms with Crippen molar-refractivity contribution in [2.75, 3.05) is 26.9 Å². The lowest BCUT2D eigenvalue weighted by atomic mass is 9.51. The molecular formula is C29H40O5. The number of benzene rings is 1. The van der Waals surface area contributed by atoms with Gasteiger partial charge in [0.05, 0.1) is 32.0 Å². The number of allylic oxidation sites excluding steroid dienone is 1. The fourth-order valence-electron chi connectivity index (χ4n) is 8.58. The van der Waals surface area contributed by atoms with Gasteiger partial charge in [-0.15, -0.1) is 0 Å². The van der Waals surface area contributed by atoms with Gasteiger partial charge in [-0.05, 0) is 86.0 Å². The molecule has 186 valence electrons. The summed E-state index contributed by atoms with van der Waals surface area (Å²) in [7, 11) is 1.72. The van der Waals surface area contributed by atoms with Gasteiger partial charge in [-0.1, -0.05) is 24.6 Å². The minimum atomic E-state index is -0.815. The molecule has 1 aromatic rings. The molecule has 1 heterocycles. The van der Waals surface area contributed by atoms with Crippen LogP contribution in [0.25, 0.3) is 0 Å². The first-order valence-electron chi connectivity index (χ1n) is 13.4. The first-order chi connectivity index (χ1) is 16.4. The molecule has 1 saturated heterocycles. The van der Waals surface area contributed by atoms with E-state index in [9.17, 15) is 5.11 Å². The van der Waals surface area contributed by atoms with Gasteiger partial charge in [-0.2, -0.15) is 0 Å². The van der Waals surface area contributed by atoms with Crippen LogP contribution >= 0.6 is 0 Å². The van der Waals surface area contributed by atoms with Crippen molar-refractivity contribution >= 4 is 0 Å². The number of hydrogen-bond donors (Lipinski definition) is 1. The van der Waals surface area contributed by atoms with Crippen molar-refractivity contribution in [1.29, 1.82) is 0 Å². The molecule has 5 heteroatoms. The van der Waals surface area contributed by atoms with E-state index < -0.39 is 11.4 Å². The van der Waals surface area contributed by atoms with Crippen LogP contribution in [0.3, 0.4) is 0 Å². The second-order valence-corrected chi connectivity index (χ2v) is 11.6. The molecule has 0 radical (unpaired) electrons. The van der Waals surface area contributed by atoms with E-state index in [1.807, 2.05) is 0 Å². The molecule has 5 aliphatic rings. The number of ether oxygens (including phenoxy) is 4. The van der Waals surface area contributed by atoms with E-state index in [0.29, 0.717) is 43.5 Å². The molecule has 0 bridgehead atoms. The number of hydrogen-bond acceptors (Lipinski definition) is 5. The number of fused-ring (bicyclic) bond motifs is 4. The third-order valence-corrected chi connectivity index (χ3v) is 10.0. The van der Waals surface area contributed by atoms with Crippen molar-refractivity contribution in [1.82, 2.24) is 0 Å². The molecule has 1 aromatic carbocycles. The zero-order valence-electron chi connectivity index (χ0n) is 21.0. The predicted molar refractivity (Wildman–Crippen MR) is 130 cm³/mol. The van der Waals surface area contributed by atoms with Gasteiger partial charge in [0.25, 0.3) is 0 Å². The number of rotatable bonds is 4. The van der Waals surface area contributed by atoms with Crippen LogP contribution in [0.5, 0.6) is 5.75 Å². The lowest BCUT2D eigenvalue weighted by molar-refractivity contribution is -0.208. The largest absolute Gasteiger partial charge is 0.497 e. The van der Waals surface area contributed by atoms with Gasteiger partial charge < -0.3 is 24.1 Å². The van der Waals surface area contributed by atoms with Crippen molar-refractivity contribution in [2.24, 2.45) is 17.3 Å². The summed E-state index contributed by atoms with van der Waals surface area (Å²) in [4.78, 5) is 0. The molecule has 0 amide bonds. The fraction of sp³-hybridized carbons (Fsp3) is 0.724. The summed E-state index contributed by atoms with van der Waals surface area (Å²) in [6.45, 7) is 6.66. The molecule has 34 heavy (non-hydrogen) atoms. The van der Waals surface area contributed by atoms with Gasteiger partial charge in [0, 0.05) is 25.4 Å². The molecule has 3 saturated carbocycles. The van der Waals surface area contributed by atoms with Gasteiger partial charge >= 0.3 is 0 Å². The SMILES string of the molecule is CCO[C@H]1CC[C@H]2[C@@H]3CC[C@@]4(O)CC5(CCC4=C3[C@@H](c3ccc(OC)cc3)C[C@]12C)OCCO5. The van der Waals surface area contributed by atoms with E-state index in [1.54, 1.807) is 7.11 Å². The Morgan fingerprint density at radius 2 is 1.82 bits per heavy atom. The average Bonchev–Trinajstić information content (AvgIpc) is 3.42. The van der Waals surface area contributed by atoms with Crippen LogP contribution in [0, 0.1) is 17.3 Å². The molecule has 6 atom stereocenters. The number of methoxy groups -OCH3 is 1. The Hall–Kier alpha value is -1.40. The van der Waals surface area contributed by atoms with Crippen LogP contribution in [0.4, 0.5) is 0 Å². The second-order valence-electron chi connectivity index (χ2n) is 11.6. The summed E-state index contributed by atoms with van der Waals surface area (Å²) in [6.07, 6.45) is 7.93. The molecule has 4 aliphatic carbocycles. The molecular weight excluding hydrogens is 428 g/mol. The van der Waals surface area contributed by atoms with Crippen LogP contribution in [-0.4, -0.2) is 49.5 Å². The van der Waals surface area contributed by atoms with E-state index in [0.717, 1.165) is 50.9 Å². The van der Waals surface area contributed by atoms with Crippen LogP contribution in [0.2, 0.25) is 0 Å². The third-order valence-electron chi connectivity index (χ3n) is 10.0. The predicted octanol–water partition coefficient (Wildman–Crippen LogP) is 5.37. The topological polar surface area (TPSA) is 57.2 Å². The summed E-state index contributed by atoms with van der Waals surface area (Å²) in [5.74, 6) is 1.75. The van der Waals surface area contributed by atoms with E-state index in [4.69, 9.17) is 18.9 Å². The summed E-state index contributed by atoms with van der Waals surface area (Å²) >= 11 is 0. The molecule has 6 rings (SSSR count). The highest BCUT2D eigenvalue weighted by Gasteiger charge is 2.60. The van der Waals surface area contributed by atoms with Gasteiger partial charge in [-0.25, -0.2) is 0 Å². The highest BCUT2D eigenvalue weighted by molar-refractivity contribution is 5.44. The first kappa shape index (κ1) is 23.0. The lowest BCUT2D eigenvalue weighted by Crippen LogP contribution is -2.53. The number of aliphatic hydroxyl groups is 1. The summed E-state index contributed by atoms with van der Waals surface area (Å²) < 4.78 is 23.9. The summed E-state index contributed by atoms with van der Waals surface area (Å²) in [6, 6.07) is 8.65. The zero-order chi connectivity index (χ0) is 23.6. The maximum absolute atomic E-state index is 12.1. The van der Waals surface area contributed by atoms with Gasteiger partial charge in [-0.3, -0.25) is 0 Å². The molecule has 4 fully saturated rings. The molecule has 5 nitrogen and oxygen atoms in total. The maximum atomic E-state index is 12.1. The third kappa shape index (κ3) is 3.42.